The fourth-order valence-electron chi connectivity index (χ4n) is 7.66. The normalized spacial score (nSPS) is 18.0. The van der Waals surface area contributed by atoms with Crippen LogP contribution in [0.2, 0.25) is 0 Å². The van der Waals surface area contributed by atoms with Crippen molar-refractivity contribution in [2.75, 3.05) is 31.5 Å². The summed E-state index contributed by atoms with van der Waals surface area (Å²) in [6, 6.07) is 22.4. The number of hydrogen-bond donors (Lipinski definition) is 3. The molecule has 8 rings (SSSR count). The minimum Gasteiger partial charge on any atom is -0.481 e. The van der Waals surface area contributed by atoms with Crippen LogP contribution >= 0.6 is 0 Å². The van der Waals surface area contributed by atoms with Crippen LogP contribution in [0.15, 0.2) is 77.5 Å². The minimum atomic E-state index is -0.767. The summed E-state index contributed by atoms with van der Waals surface area (Å²) >= 11 is 0. The number of carbonyl (C=O) groups is 1. The number of aromatic nitrogens is 3. The fourth-order valence-corrected chi connectivity index (χ4v) is 7.66. The number of nitrogens with zero attached hydrogens (tertiary/aromatic N) is 6. The third kappa shape index (κ3) is 6.48. The average molecular weight is 694 g/mol. The summed E-state index contributed by atoms with van der Waals surface area (Å²) in [5.74, 6) is -0.0155. The molecule has 0 amide bonds. The molecule has 3 N–H and O–H groups in total. The molecule has 3 aromatic heterocycles. The number of rotatable bonds is 9. The van der Waals surface area contributed by atoms with E-state index in [1.165, 1.54) is 0 Å². The third-order valence-electron chi connectivity index (χ3n) is 10.4. The van der Waals surface area contributed by atoms with Gasteiger partial charge in [0.1, 0.15) is 17.1 Å². The number of fused-ring (bicyclic) bond motifs is 2. The Morgan fingerprint density at radius 2 is 1.69 bits per heavy atom. The molecule has 2 aliphatic heterocycles. The number of carboxylic acid groups (broad SMARTS) is 1. The molecule has 2 saturated heterocycles. The first-order valence-electron chi connectivity index (χ1n) is 17.6. The van der Waals surface area contributed by atoms with Crippen molar-refractivity contribution in [2.24, 2.45) is 5.92 Å². The molecular weight excluding hydrogens is 654 g/mol. The van der Waals surface area contributed by atoms with Gasteiger partial charge < -0.3 is 19.9 Å². The minimum absolute atomic E-state index is 0.254. The second kappa shape index (κ2) is 13.8. The maximum absolute atomic E-state index is 11.5. The predicted octanol–water partition coefficient (Wildman–Crippen LogP) is 6.81. The number of aliphatic carboxylic acids is 1. The van der Waals surface area contributed by atoms with Gasteiger partial charge >= 0.3 is 5.97 Å². The lowest BCUT2D eigenvalue weighted by atomic mass is 9.93. The molecule has 2 aliphatic rings. The maximum atomic E-state index is 11.5. The van der Waals surface area contributed by atoms with Gasteiger partial charge in [-0.25, -0.2) is 9.97 Å². The largest absolute Gasteiger partial charge is 0.481 e. The first-order valence-corrected chi connectivity index (χ1v) is 17.6. The molecule has 0 saturated carbocycles. The van der Waals surface area contributed by atoms with Crippen molar-refractivity contribution in [3.63, 3.8) is 0 Å². The zero-order valence-corrected chi connectivity index (χ0v) is 29.1. The van der Waals surface area contributed by atoms with E-state index >= 15 is 0 Å². The van der Waals surface area contributed by atoms with E-state index in [0.717, 1.165) is 75.0 Å². The molecule has 5 heterocycles. The first kappa shape index (κ1) is 33.5. The van der Waals surface area contributed by atoms with Gasteiger partial charge in [0.15, 0.2) is 11.4 Å². The average Bonchev–Trinajstić information content (AvgIpc) is 3.89. The van der Waals surface area contributed by atoms with Gasteiger partial charge in [0.05, 0.1) is 17.6 Å². The quantitative estimate of drug-likeness (QED) is 0.146. The Bertz CT molecular complexity index is 2380. The van der Waals surface area contributed by atoms with Crippen LogP contribution in [-0.4, -0.2) is 73.2 Å². The van der Waals surface area contributed by atoms with Crippen molar-refractivity contribution < 1.29 is 19.4 Å². The Morgan fingerprint density at radius 1 is 0.942 bits per heavy atom. The Hall–Kier alpha value is -5.67. The van der Waals surface area contributed by atoms with Crippen LogP contribution in [0.25, 0.3) is 44.6 Å². The number of hydrogen-bond acceptors (Lipinski definition) is 10. The highest BCUT2D eigenvalue weighted by molar-refractivity contribution is 5.91. The lowest BCUT2D eigenvalue weighted by Gasteiger charge is -2.17. The van der Waals surface area contributed by atoms with E-state index in [9.17, 15) is 20.3 Å². The monoisotopic (exact) mass is 693 g/mol. The summed E-state index contributed by atoms with van der Waals surface area (Å²) < 4.78 is 6.28. The van der Waals surface area contributed by atoms with Crippen molar-refractivity contribution in [1.82, 2.24) is 24.8 Å². The Kier molecular flexibility index (Phi) is 8.89. The van der Waals surface area contributed by atoms with Crippen LogP contribution in [0.3, 0.4) is 0 Å². The molecule has 2 fully saturated rings. The van der Waals surface area contributed by atoms with Crippen LogP contribution < -0.4 is 5.32 Å². The van der Waals surface area contributed by atoms with E-state index in [-0.39, 0.29) is 12.0 Å². The van der Waals surface area contributed by atoms with E-state index in [0.29, 0.717) is 61.0 Å². The summed E-state index contributed by atoms with van der Waals surface area (Å²) in [5.41, 5.74) is 10.1. The number of oxazole rings is 1. The van der Waals surface area contributed by atoms with Crippen molar-refractivity contribution >= 4 is 39.5 Å². The molecule has 0 spiro atoms. The topological polar surface area (TPSA) is 152 Å². The van der Waals surface area contributed by atoms with Gasteiger partial charge in [-0.05, 0) is 103 Å². The third-order valence-corrected chi connectivity index (χ3v) is 10.4. The van der Waals surface area contributed by atoms with E-state index < -0.39 is 5.97 Å². The number of anilines is 2. The molecule has 0 unspecified atom stereocenters. The molecule has 0 radical (unpaired) electrons. The molecule has 0 bridgehead atoms. The number of β-amino-alcohol motifs (C(OH)–C–C–N with tert-alkyl or cyclic N) is 1. The van der Waals surface area contributed by atoms with E-state index in [2.05, 4.69) is 58.2 Å². The first-order chi connectivity index (χ1) is 25.2. The van der Waals surface area contributed by atoms with Gasteiger partial charge in [-0.3, -0.25) is 19.6 Å². The number of likely N-dealkylation sites (tertiary alicyclic amines) is 2. The number of carboxylic acids is 1. The van der Waals surface area contributed by atoms with Gasteiger partial charge in [0.2, 0.25) is 5.89 Å². The standard InChI is InChI=1S/C41H39N7O4/c1-24-32(5-3-7-34(24)40-46-36-17-26(15-30(18-42)38(36)52-40)20-47-13-10-29(22-47)41(50)51)33-6-4-8-35(25(33)2)45-39-37-28(9-12-43-39)16-27(19-44-37)21-48-14-11-31(49)23-48/h3-9,12,15-17,19,29,31,49H,10-11,13-14,20-23H2,1-2H3,(H,43,45)(H,50,51)/t29-,31+/m0/s1. The molecule has 0 aliphatic carbocycles. The molecule has 6 aromatic rings. The predicted molar refractivity (Wildman–Crippen MR) is 199 cm³/mol. The van der Waals surface area contributed by atoms with Crippen LogP contribution in [0.1, 0.15) is 40.7 Å². The molecular formula is C41H39N7O4. The summed E-state index contributed by atoms with van der Waals surface area (Å²) in [4.78, 5) is 30.1. The van der Waals surface area contributed by atoms with Crippen LogP contribution in [0.5, 0.6) is 0 Å². The van der Waals surface area contributed by atoms with Gasteiger partial charge in [-0.2, -0.15) is 5.26 Å². The highest BCUT2D eigenvalue weighted by atomic mass is 16.4. The molecule has 2 atom stereocenters. The zero-order chi connectivity index (χ0) is 35.9. The van der Waals surface area contributed by atoms with E-state index in [1.54, 1.807) is 6.20 Å². The van der Waals surface area contributed by atoms with Gasteiger partial charge in [0.25, 0.3) is 0 Å². The highest BCUT2D eigenvalue weighted by Crippen LogP contribution is 2.38. The maximum Gasteiger partial charge on any atom is 0.307 e. The van der Waals surface area contributed by atoms with Crippen LogP contribution in [0, 0.1) is 31.1 Å². The Morgan fingerprint density at radius 3 is 2.46 bits per heavy atom. The summed E-state index contributed by atoms with van der Waals surface area (Å²) in [6.07, 6.45) is 4.87. The lowest BCUT2D eigenvalue weighted by Crippen LogP contribution is -2.22. The number of benzene rings is 3. The molecule has 52 heavy (non-hydrogen) atoms. The fraction of sp³-hybridized carbons (Fsp3) is 0.293. The number of nitriles is 1. The van der Waals surface area contributed by atoms with Crippen LogP contribution in [0.4, 0.5) is 11.5 Å². The van der Waals surface area contributed by atoms with Gasteiger partial charge in [-0.15, -0.1) is 0 Å². The second-order valence-electron chi connectivity index (χ2n) is 14.0. The lowest BCUT2D eigenvalue weighted by molar-refractivity contribution is -0.141. The molecule has 3 aromatic carbocycles. The van der Waals surface area contributed by atoms with Gasteiger partial charge in [-0.1, -0.05) is 24.3 Å². The summed E-state index contributed by atoms with van der Waals surface area (Å²) in [5, 5.41) is 33.9. The van der Waals surface area contributed by atoms with Crippen LogP contribution in [-0.2, 0) is 17.9 Å². The number of aliphatic hydroxyl groups is 1. The second-order valence-corrected chi connectivity index (χ2v) is 14.0. The molecule has 11 heteroatoms. The highest BCUT2D eigenvalue weighted by Gasteiger charge is 2.28. The Balaban J connectivity index is 1.07. The zero-order valence-electron chi connectivity index (χ0n) is 29.1. The van der Waals surface area contributed by atoms with Crippen molar-refractivity contribution in [2.45, 2.75) is 45.9 Å². The van der Waals surface area contributed by atoms with Crippen molar-refractivity contribution in [3.05, 3.63) is 101 Å². The molecule has 262 valence electrons. The van der Waals surface area contributed by atoms with Crippen molar-refractivity contribution in [1.29, 1.82) is 5.26 Å². The van der Waals surface area contributed by atoms with E-state index in [1.807, 2.05) is 48.7 Å². The number of pyridine rings is 2. The number of aliphatic hydroxyl groups excluding tert-OH is 1. The Labute approximate surface area is 301 Å². The van der Waals surface area contributed by atoms with Gasteiger partial charge in [0, 0.05) is 61.8 Å². The smallest absolute Gasteiger partial charge is 0.307 e. The summed E-state index contributed by atoms with van der Waals surface area (Å²) in [7, 11) is 0. The summed E-state index contributed by atoms with van der Waals surface area (Å²) in [6.45, 7) is 8.21. The number of nitrogens with one attached hydrogen (secondary N) is 1. The SMILES string of the molecule is Cc1c(Nc2nccc3cc(CN4CC[C@@H](O)C4)cnc23)cccc1-c1cccc(-c2nc3cc(CN4CC[C@H](C(=O)O)C4)cc(C#N)c3o2)c1C. The van der Waals surface area contributed by atoms with E-state index in [4.69, 9.17) is 14.4 Å². The molecule has 11 nitrogen and oxygen atoms in total. The van der Waals surface area contributed by atoms with Crippen molar-refractivity contribution in [3.8, 4) is 28.7 Å².